The van der Waals surface area contributed by atoms with Gasteiger partial charge in [-0.05, 0) is 16.2 Å². The Balaban J connectivity index is 2.51. The summed E-state index contributed by atoms with van der Waals surface area (Å²) in [5.74, 6) is -0.271. The normalized spacial score (nSPS) is 10.5. The van der Waals surface area contributed by atoms with Crippen LogP contribution in [-0.2, 0) is 11.2 Å². The van der Waals surface area contributed by atoms with E-state index < -0.39 is 0 Å². The van der Waals surface area contributed by atoms with Gasteiger partial charge in [0.05, 0.1) is 6.42 Å². The monoisotopic (exact) mass is 191 g/mol. The Morgan fingerprint density at radius 3 is 2.92 bits per heavy atom. The second-order valence-electron chi connectivity index (χ2n) is 2.89. The van der Waals surface area contributed by atoms with Crippen LogP contribution in [-0.4, -0.2) is 5.91 Å². The number of primary amides is 1. The summed E-state index contributed by atoms with van der Waals surface area (Å²) >= 11 is 1.59. The molecule has 0 saturated carbocycles. The van der Waals surface area contributed by atoms with Crippen LogP contribution in [0.2, 0.25) is 0 Å². The molecule has 0 radical (unpaired) electrons. The van der Waals surface area contributed by atoms with Gasteiger partial charge >= 0.3 is 0 Å². The van der Waals surface area contributed by atoms with Crippen molar-refractivity contribution in [2.75, 3.05) is 0 Å². The molecule has 0 atom stereocenters. The minimum Gasteiger partial charge on any atom is -0.369 e. The predicted octanol–water partition coefficient (Wildman–Crippen LogP) is 1.93. The molecule has 2 rings (SSSR count). The van der Waals surface area contributed by atoms with E-state index in [9.17, 15) is 4.79 Å². The van der Waals surface area contributed by atoms with Crippen molar-refractivity contribution < 1.29 is 4.79 Å². The summed E-state index contributed by atoms with van der Waals surface area (Å²) in [5, 5.41) is 4.38. The molecular formula is C10H9NOS. The summed E-state index contributed by atoms with van der Waals surface area (Å²) in [6.07, 6.45) is 0.345. The van der Waals surface area contributed by atoms with Gasteiger partial charge in [0, 0.05) is 4.88 Å². The zero-order valence-electron chi connectivity index (χ0n) is 6.99. The molecule has 0 spiro atoms. The van der Waals surface area contributed by atoms with E-state index >= 15 is 0 Å². The summed E-state index contributed by atoms with van der Waals surface area (Å²) in [6.45, 7) is 0. The molecular weight excluding hydrogens is 182 g/mol. The highest BCUT2D eigenvalue weighted by Crippen LogP contribution is 2.25. The second-order valence-corrected chi connectivity index (χ2v) is 3.85. The van der Waals surface area contributed by atoms with Crippen LogP contribution in [0.3, 0.4) is 0 Å². The first-order chi connectivity index (χ1) is 6.27. The number of rotatable bonds is 2. The number of amides is 1. The van der Waals surface area contributed by atoms with E-state index in [1.165, 1.54) is 5.39 Å². The van der Waals surface area contributed by atoms with Gasteiger partial charge in [0.1, 0.15) is 0 Å². The van der Waals surface area contributed by atoms with Gasteiger partial charge in [-0.15, -0.1) is 11.3 Å². The van der Waals surface area contributed by atoms with Gasteiger partial charge in [-0.25, -0.2) is 0 Å². The molecule has 66 valence electrons. The molecule has 0 aliphatic rings. The molecule has 3 heteroatoms. The molecule has 0 aliphatic heterocycles. The molecule has 1 amide bonds. The van der Waals surface area contributed by atoms with Gasteiger partial charge < -0.3 is 5.73 Å². The zero-order valence-corrected chi connectivity index (χ0v) is 7.80. The molecule has 0 fully saturated rings. The Morgan fingerprint density at radius 1 is 1.38 bits per heavy atom. The highest BCUT2D eigenvalue weighted by molar-refractivity contribution is 7.11. The van der Waals surface area contributed by atoms with Crippen LogP contribution < -0.4 is 5.73 Å². The lowest BCUT2D eigenvalue weighted by Gasteiger charge is -1.93. The van der Waals surface area contributed by atoms with Crippen molar-refractivity contribution in [2.24, 2.45) is 5.73 Å². The fraction of sp³-hybridized carbons (Fsp3) is 0.100. The predicted molar refractivity (Wildman–Crippen MR) is 54.7 cm³/mol. The summed E-state index contributed by atoms with van der Waals surface area (Å²) in [7, 11) is 0. The first kappa shape index (κ1) is 8.26. The number of thiophene rings is 1. The van der Waals surface area contributed by atoms with E-state index in [4.69, 9.17) is 5.73 Å². The first-order valence-electron chi connectivity index (χ1n) is 4.01. The minimum atomic E-state index is -0.271. The van der Waals surface area contributed by atoms with Crippen molar-refractivity contribution in [3.8, 4) is 0 Å². The maximum absolute atomic E-state index is 10.7. The topological polar surface area (TPSA) is 43.1 Å². The number of hydrogen-bond acceptors (Lipinski definition) is 2. The van der Waals surface area contributed by atoms with E-state index in [1.807, 2.05) is 29.6 Å². The molecule has 0 aliphatic carbocycles. The minimum absolute atomic E-state index is 0.271. The molecule has 2 N–H and O–H groups in total. The molecule has 1 aromatic heterocycles. The molecule has 13 heavy (non-hydrogen) atoms. The molecule has 0 bridgehead atoms. The van der Waals surface area contributed by atoms with Gasteiger partial charge in [0.15, 0.2) is 0 Å². The van der Waals surface area contributed by atoms with E-state index in [-0.39, 0.29) is 5.91 Å². The fourth-order valence-corrected chi connectivity index (χ4v) is 2.36. The van der Waals surface area contributed by atoms with Crippen LogP contribution in [0, 0.1) is 0 Å². The number of fused-ring (bicyclic) bond motifs is 1. The van der Waals surface area contributed by atoms with Crippen molar-refractivity contribution in [3.05, 3.63) is 34.5 Å². The number of benzene rings is 1. The average Bonchev–Trinajstić information content (AvgIpc) is 2.48. The molecule has 2 nitrogen and oxygen atoms in total. The van der Waals surface area contributed by atoms with Crippen LogP contribution in [0.5, 0.6) is 0 Å². The number of hydrogen-bond donors (Lipinski definition) is 1. The molecule has 1 aromatic carbocycles. The van der Waals surface area contributed by atoms with E-state index in [2.05, 4.69) is 0 Å². The smallest absolute Gasteiger partial charge is 0.222 e. The summed E-state index contributed by atoms with van der Waals surface area (Å²) in [6, 6.07) is 8.02. The van der Waals surface area contributed by atoms with Gasteiger partial charge in [-0.2, -0.15) is 0 Å². The zero-order chi connectivity index (χ0) is 9.26. The molecule has 2 aromatic rings. The van der Waals surface area contributed by atoms with Crippen molar-refractivity contribution in [1.82, 2.24) is 0 Å². The molecule has 0 unspecified atom stereocenters. The Morgan fingerprint density at radius 2 is 2.15 bits per heavy atom. The van der Waals surface area contributed by atoms with Crippen molar-refractivity contribution in [1.29, 1.82) is 0 Å². The third-order valence-corrected chi connectivity index (χ3v) is 2.94. The van der Waals surface area contributed by atoms with E-state index in [1.54, 1.807) is 11.3 Å². The maximum atomic E-state index is 10.7. The van der Waals surface area contributed by atoms with Crippen LogP contribution in [0.15, 0.2) is 29.6 Å². The number of nitrogens with two attached hydrogens (primary N) is 1. The quantitative estimate of drug-likeness (QED) is 0.774. The van der Waals surface area contributed by atoms with Gasteiger partial charge in [0.25, 0.3) is 0 Å². The van der Waals surface area contributed by atoms with E-state index in [0.717, 1.165) is 10.3 Å². The third kappa shape index (κ3) is 1.55. The standard InChI is InChI=1S/C10H9NOS/c11-10(12)5-9-8-4-2-1-3-7(8)6-13-9/h1-4,6H,5H2,(H2,11,12). The number of carbonyl (C=O) groups is 1. The first-order valence-corrected chi connectivity index (χ1v) is 4.89. The lowest BCUT2D eigenvalue weighted by Crippen LogP contribution is -2.12. The fourth-order valence-electron chi connectivity index (χ4n) is 1.35. The van der Waals surface area contributed by atoms with Crippen LogP contribution >= 0.6 is 11.3 Å². The summed E-state index contributed by atoms with van der Waals surface area (Å²) in [4.78, 5) is 11.8. The van der Waals surface area contributed by atoms with Crippen LogP contribution in [0.25, 0.3) is 10.8 Å². The molecule has 1 heterocycles. The van der Waals surface area contributed by atoms with Crippen molar-refractivity contribution in [2.45, 2.75) is 6.42 Å². The van der Waals surface area contributed by atoms with Crippen molar-refractivity contribution in [3.63, 3.8) is 0 Å². The Labute approximate surface area is 80.0 Å². The van der Waals surface area contributed by atoms with Crippen LogP contribution in [0.4, 0.5) is 0 Å². The van der Waals surface area contributed by atoms with Gasteiger partial charge in [-0.1, -0.05) is 24.3 Å². The average molecular weight is 191 g/mol. The highest BCUT2D eigenvalue weighted by atomic mass is 32.1. The second kappa shape index (κ2) is 3.18. The van der Waals surface area contributed by atoms with E-state index in [0.29, 0.717) is 6.42 Å². The Hall–Kier alpha value is -1.35. The lowest BCUT2D eigenvalue weighted by molar-refractivity contribution is -0.117. The number of carbonyl (C=O) groups excluding carboxylic acids is 1. The van der Waals surface area contributed by atoms with Crippen molar-refractivity contribution >= 4 is 28.0 Å². The maximum Gasteiger partial charge on any atom is 0.222 e. The summed E-state index contributed by atoms with van der Waals surface area (Å²) in [5.41, 5.74) is 5.14. The Bertz CT molecular complexity index is 447. The van der Waals surface area contributed by atoms with Gasteiger partial charge in [-0.3, -0.25) is 4.79 Å². The Kier molecular flexibility index (Phi) is 2.02. The van der Waals surface area contributed by atoms with Gasteiger partial charge in [0.2, 0.25) is 5.91 Å². The highest BCUT2D eigenvalue weighted by Gasteiger charge is 2.05. The summed E-state index contributed by atoms with van der Waals surface area (Å²) < 4.78 is 0. The lowest BCUT2D eigenvalue weighted by atomic mass is 10.1. The van der Waals surface area contributed by atoms with Crippen LogP contribution in [0.1, 0.15) is 4.88 Å². The SMILES string of the molecule is NC(=O)Cc1scc2ccccc12. The molecule has 0 saturated heterocycles. The third-order valence-electron chi connectivity index (χ3n) is 1.92. The largest absolute Gasteiger partial charge is 0.369 e.